The first kappa shape index (κ1) is 14.2. The second-order valence-corrected chi connectivity index (χ2v) is 7.32. The van der Waals surface area contributed by atoms with Crippen molar-refractivity contribution >= 4 is 10.0 Å². The van der Waals surface area contributed by atoms with Crippen LogP contribution < -0.4 is 10.0 Å². The maximum atomic E-state index is 11.8. The van der Waals surface area contributed by atoms with Gasteiger partial charge in [0.15, 0.2) is 0 Å². The third-order valence-electron chi connectivity index (χ3n) is 3.99. The molecule has 0 aromatic heterocycles. The summed E-state index contributed by atoms with van der Waals surface area (Å²) in [7, 11) is -3.07. The average molecular weight is 275 g/mol. The van der Waals surface area contributed by atoms with Crippen molar-refractivity contribution in [3.63, 3.8) is 0 Å². The van der Waals surface area contributed by atoms with Crippen molar-refractivity contribution in [3.05, 3.63) is 0 Å². The van der Waals surface area contributed by atoms with E-state index in [0.29, 0.717) is 13.1 Å². The van der Waals surface area contributed by atoms with Gasteiger partial charge in [-0.25, -0.2) is 13.1 Å². The molecule has 2 fully saturated rings. The summed E-state index contributed by atoms with van der Waals surface area (Å²) in [6.45, 7) is 5.12. The zero-order valence-corrected chi connectivity index (χ0v) is 11.8. The van der Waals surface area contributed by atoms with Crippen molar-refractivity contribution in [1.82, 2.24) is 14.9 Å². The van der Waals surface area contributed by atoms with Gasteiger partial charge in [-0.05, 0) is 12.3 Å². The molecule has 1 saturated heterocycles. The molecule has 0 amide bonds. The predicted molar refractivity (Wildman–Crippen MR) is 73.1 cm³/mol. The lowest BCUT2D eigenvalue weighted by molar-refractivity contribution is 0.253. The van der Waals surface area contributed by atoms with Gasteiger partial charge in [-0.1, -0.05) is 19.3 Å². The normalized spacial score (nSPS) is 22.9. The Bertz CT molecular complexity index is 335. The molecule has 0 unspecified atom stereocenters. The van der Waals surface area contributed by atoms with Crippen LogP contribution in [0.3, 0.4) is 0 Å². The summed E-state index contributed by atoms with van der Waals surface area (Å²) in [5, 5.41) is 3.26. The van der Waals surface area contributed by atoms with Crippen LogP contribution in [0.1, 0.15) is 25.7 Å². The lowest BCUT2D eigenvalue weighted by atomic mass is 9.83. The van der Waals surface area contributed by atoms with E-state index < -0.39 is 10.0 Å². The molecule has 2 N–H and O–H groups in total. The summed E-state index contributed by atoms with van der Waals surface area (Å²) in [6.07, 6.45) is 4.89. The van der Waals surface area contributed by atoms with Gasteiger partial charge in [-0.15, -0.1) is 0 Å². The minimum atomic E-state index is -3.07. The van der Waals surface area contributed by atoms with Gasteiger partial charge in [0, 0.05) is 39.3 Å². The maximum absolute atomic E-state index is 11.8. The Morgan fingerprint density at radius 2 is 1.94 bits per heavy atom. The lowest BCUT2D eigenvalue weighted by Gasteiger charge is -2.27. The van der Waals surface area contributed by atoms with Crippen molar-refractivity contribution in [2.75, 3.05) is 45.0 Å². The molecule has 0 radical (unpaired) electrons. The van der Waals surface area contributed by atoms with Crippen molar-refractivity contribution < 1.29 is 8.42 Å². The number of nitrogens with zero attached hydrogens (tertiary/aromatic N) is 1. The number of piperazine rings is 1. The minimum Gasteiger partial charge on any atom is -0.314 e. The average Bonchev–Trinajstić information content (AvgIpc) is 2.31. The lowest BCUT2D eigenvalue weighted by Crippen LogP contribution is -2.46. The second-order valence-electron chi connectivity index (χ2n) is 5.39. The molecule has 0 aromatic rings. The molecule has 0 aromatic carbocycles. The van der Waals surface area contributed by atoms with E-state index >= 15 is 0 Å². The van der Waals surface area contributed by atoms with Crippen molar-refractivity contribution in [3.8, 4) is 0 Å². The molecular formula is C12H25N3O2S. The zero-order valence-electron chi connectivity index (χ0n) is 11.0. The number of rotatable bonds is 7. The van der Waals surface area contributed by atoms with Gasteiger partial charge in [0.05, 0.1) is 5.75 Å². The fourth-order valence-electron chi connectivity index (χ4n) is 2.46. The van der Waals surface area contributed by atoms with Gasteiger partial charge in [-0.2, -0.15) is 0 Å². The molecular weight excluding hydrogens is 250 g/mol. The van der Waals surface area contributed by atoms with Gasteiger partial charge < -0.3 is 5.32 Å². The molecule has 6 heteroatoms. The Hall–Kier alpha value is -0.170. The van der Waals surface area contributed by atoms with E-state index in [4.69, 9.17) is 0 Å². The van der Waals surface area contributed by atoms with Crippen molar-refractivity contribution in [2.45, 2.75) is 25.7 Å². The molecule has 5 nitrogen and oxygen atoms in total. The van der Waals surface area contributed by atoms with Crippen LogP contribution in [0.15, 0.2) is 0 Å². The third-order valence-corrected chi connectivity index (χ3v) is 5.35. The minimum absolute atomic E-state index is 0.234. The third kappa shape index (κ3) is 4.84. The Balaban J connectivity index is 1.59. The first-order valence-electron chi connectivity index (χ1n) is 7.06. The number of hydrogen-bond donors (Lipinski definition) is 2. The van der Waals surface area contributed by atoms with E-state index in [-0.39, 0.29) is 5.75 Å². The Labute approximate surface area is 110 Å². The van der Waals surface area contributed by atoms with E-state index in [1.54, 1.807) is 0 Å². The quantitative estimate of drug-likeness (QED) is 0.687. The van der Waals surface area contributed by atoms with Crippen molar-refractivity contribution in [2.24, 2.45) is 5.92 Å². The van der Waals surface area contributed by atoms with Gasteiger partial charge in [-0.3, -0.25) is 4.90 Å². The van der Waals surface area contributed by atoms with E-state index in [0.717, 1.165) is 38.5 Å². The van der Waals surface area contributed by atoms with E-state index in [1.807, 2.05) is 0 Å². The molecule has 18 heavy (non-hydrogen) atoms. The molecule has 1 aliphatic heterocycles. The fourth-order valence-corrected chi connectivity index (χ4v) is 3.53. The van der Waals surface area contributed by atoms with Crippen LogP contribution in [-0.4, -0.2) is 58.3 Å². The topological polar surface area (TPSA) is 61.4 Å². The van der Waals surface area contributed by atoms with Crippen LogP contribution in [0.5, 0.6) is 0 Å². The van der Waals surface area contributed by atoms with Gasteiger partial charge in [0.2, 0.25) is 10.0 Å². The van der Waals surface area contributed by atoms with Crippen LogP contribution in [-0.2, 0) is 10.0 Å². The standard InChI is InChI=1S/C12H25N3O2S/c16-18(17,14-5-4-12-2-1-3-12)11-10-15-8-6-13-7-9-15/h12-14H,1-11H2. The summed E-state index contributed by atoms with van der Waals surface area (Å²) in [6, 6.07) is 0. The maximum Gasteiger partial charge on any atom is 0.212 e. The molecule has 1 saturated carbocycles. The molecule has 0 bridgehead atoms. The van der Waals surface area contributed by atoms with E-state index in [1.165, 1.54) is 19.3 Å². The molecule has 106 valence electrons. The molecule has 2 aliphatic rings. The molecule has 0 atom stereocenters. The Morgan fingerprint density at radius 3 is 2.56 bits per heavy atom. The van der Waals surface area contributed by atoms with Crippen LogP contribution in [0.4, 0.5) is 0 Å². The summed E-state index contributed by atoms with van der Waals surface area (Å²) >= 11 is 0. The predicted octanol–water partition coefficient (Wildman–Crippen LogP) is 0.00120. The van der Waals surface area contributed by atoms with Crippen LogP contribution in [0.25, 0.3) is 0 Å². The Morgan fingerprint density at radius 1 is 1.22 bits per heavy atom. The monoisotopic (exact) mass is 275 g/mol. The number of hydrogen-bond acceptors (Lipinski definition) is 4. The smallest absolute Gasteiger partial charge is 0.212 e. The van der Waals surface area contributed by atoms with Crippen LogP contribution in [0.2, 0.25) is 0 Å². The molecule has 2 rings (SSSR count). The van der Waals surface area contributed by atoms with Gasteiger partial charge >= 0.3 is 0 Å². The van der Waals surface area contributed by atoms with Crippen molar-refractivity contribution in [1.29, 1.82) is 0 Å². The summed E-state index contributed by atoms with van der Waals surface area (Å²) in [4.78, 5) is 2.21. The fraction of sp³-hybridized carbons (Fsp3) is 1.00. The summed E-state index contributed by atoms with van der Waals surface area (Å²) < 4.78 is 26.3. The largest absolute Gasteiger partial charge is 0.314 e. The number of nitrogens with one attached hydrogen (secondary N) is 2. The van der Waals surface area contributed by atoms with E-state index in [2.05, 4.69) is 14.9 Å². The molecule has 0 spiro atoms. The molecule has 1 aliphatic carbocycles. The van der Waals surface area contributed by atoms with Crippen LogP contribution in [0, 0.1) is 5.92 Å². The summed E-state index contributed by atoms with van der Waals surface area (Å²) in [5.74, 6) is 0.998. The van der Waals surface area contributed by atoms with E-state index in [9.17, 15) is 8.42 Å². The second kappa shape index (κ2) is 6.84. The highest BCUT2D eigenvalue weighted by Gasteiger charge is 2.19. The van der Waals surface area contributed by atoms with Crippen LogP contribution >= 0.6 is 0 Å². The zero-order chi connectivity index (χ0) is 12.8. The highest BCUT2D eigenvalue weighted by Crippen LogP contribution is 2.28. The summed E-state index contributed by atoms with van der Waals surface area (Å²) in [5.41, 5.74) is 0. The highest BCUT2D eigenvalue weighted by atomic mass is 32.2. The van der Waals surface area contributed by atoms with Gasteiger partial charge in [0.25, 0.3) is 0 Å². The molecule has 1 heterocycles. The first-order chi connectivity index (χ1) is 8.66. The first-order valence-corrected chi connectivity index (χ1v) is 8.71. The van der Waals surface area contributed by atoms with Gasteiger partial charge in [0.1, 0.15) is 0 Å². The Kier molecular flexibility index (Phi) is 5.41. The highest BCUT2D eigenvalue weighted by molar-refractivity contribution is 7.89. The number of sulfonamides is 1. The SMILES string of the molecule is O=S(=O)(CCN1CCNCC1)NCCC1CCC1.